The fraction of sp³-hybridized carbons (Fsp3) is 0.238. The maximum Gasteiger partial charge on any atom is 0.419 e. The van der Waals surface area contributed by atoms with Crippen molar-refractivity contribution in [3.05, 3.63) is 54.2 Å². The number of anilines is 1. The Morgan fingerprint density at radius 1 is 1.14 bits per heavy atom. The van der Waals surface area contributed by atoms with Gasteiger partial charge in [0.15, 0.2) is 0 Å². The Labute approximate surface area is 162 Å². The number of ether oxygens (including phenoxy) is 2. The van der Waals surface area contributed by atoms with Crippen LogP contribution in [0.3, 0.4) is 0 Å². The van der Waals surface area contributed by atoms with E-state index in [0.29, 0.717) is 23.6 Å². The molecule has 0 fully saturated rings. The molecule has 2 aromatic carbocycles. The van der Waals surface area contributed by atoms with Crippen molar-refractivity contribution in [1.29, 1.82) is 0 Å². The summed E-state index contributed by atoms with van der Waals surface area (Å²) in [5, 5.41) is 9.75. The van der Waals surface area contributed by atoms with Gasteiger partial charge in [-0.3, -0.25) is 9.69 Å². The number of carboxylic acid groups (broad SMARTS) is 1. The average molecular weight is 382 g/mol. The number of aliphatic carboxylic acids is 1. The summed E-state index contributed by atoms with van der Waals surface area (Å²) in [5.74, 6) is 0.234. The molecule has 0 saturated heterocycles. The lowest BCUT2D eigenvalue weighted by atomic mass is 10.1. The molecular weight excluding hydrogens is 360 g/mol. The highest BCUT2D eigenvalue weighted by Crippen LogP contribution is 2.32. The summed E-state index contributed by atoms with van der Waals surface area (Å²) in [5.41, 5.74) is 2.37. The molecular formula is C21H22N2O5. The van der Waals surface area contributed by atoms with Crippen molar-refractivity contribution in [3.8, 4) is 11.5 Å². The van der Waals surface area contributed by atoms with E-state index in [4.69, 9.17) is 14.6 Å². The highest BCUT2D eigenvalue weighted by Gasteiger charge is 2.18. The second-order valence-corrected chi connectivity index (χ2v) is 6.43. The minimum absolute atomic E-state index is 0.00709. The van der Waals surface area contributed by atoms with E-state index in [1.54, 1.807) is 50.6 Å². The molecule has 1 amide bonds. The first-order chi connectivity index (χ1) is 13.4. The van der Waals surface area contributed by atoms with Crippen LogP contribution in [-0.2, 0) is 18.3 Å². The SMILES string of the molecule is COc1ccc(N(C)C(=O)Oc2cccc3c2c(CCC(=O)O)cn3C)cc1. The molecule has 3 rings (SSSR count). The third kappa shape index (κ3) is 3.93. The minimum atomic E-state index is -0.870. The number of amides is 1. The summed E-state index contributed by atoms with van der Waals surface area (Å²) >= 11 is 0. The first-order valence-corrected chi connectivity index (χ1v) is 8.79. The third-order valence-corrected chi connectivity index (χ3v) is 4.59. The van der Waals surface area contributed by atoms with Crippen LogP contribution >= 0.6 is 0 Å². The fourth-order valence-corrected chi connectivity index (χ4v) is 3.09. The van der Waals surface area contributed by atoms with Crippen molar-refractivity contribution >= 4 is 28.7 Å². The lowest BCUT2D eigenvalue weighted by molar-refractivity contribution is -0.136. The Bertz CT molecular complexity index is 1010. The molecule has 1 aromatic heterocycles. The van der Waals surface area contributed by atoms with Gasteiger partial charge in [0.1, 0.15) is 11.5 Å². The number of hydrogen-bond acceptors (Lipinski definition) is 4. The van der Waals surface area contributed by atoms with E-state index in [0.717, 1.165) is 16.5 Å². The maximum absolute atomic E-state index is 12.7. The van der Waals surface area contributed by atoms with Crippen LogP contribution < -0.4 is 14.4 Å². The van der Waals surface area contributed by atoms with Gasteiger partial charge in [-0.1, -0.05) is 6.07 Å². The maximum atomic E-state index is 12.7. The predicted octanol–water partition coefficient (Wildman–Crippen LogP) is 3.84. The van der Waals surface area contributed by atoms with Crippen molar-refractivity contribution in [2.24, 2.45) is 7.05 Å². The number of carboxylic acids is 1. The van der Waals surface area contributed by atoms with Crippen LogP contribution in [0.15, 0.2) is 48.7 Å². The molecule has 0 aliphatic rings. The molecule has 3 aromatic rings. The smallest absolute Gasteiger partial charge is 0.419 e. The van der Waals surface area contributed by atoms with Gasteiger partial charge in [0.05, 0.1) is 12.6 Å². The number of benzene rings is 2. The summed E-state index contributed by atoms with van der Waals surface area (Å²) in [6, 6.07) is 12.5. The predicted molar refractivity (Wildman–Crippen MR) is 106 cm³/mol. The van der Waals surface area contributed by atoms with Gasteiger partial charge >= 0.3 is 12.1 Å². The summed E-state index contributed by atoms with van der Waals surface area (Å²) in [6.45, 7) is 0. The number of rotatable bonds is 6. The zero-order valence-electron chi connectivity index (χ0n) is 16.0. The second kappa shape index (κ2) is 8.04. The fourth-order valence-electron chi connectivity index (χ4n) is 3.09. The Morgan fingerprint density at radius 2 is 1.86 bits per heavy atom. The summed E-state index contributed by atoms with van der Waals surface area (Å²) in [6.07, 6.45) is 1.70. The van der Waals surface area contributed by atoms with Crippen LogP contribution in [0.1, 0.15) is 12.0 Å². The largest absolute Gasteiger partial charge is 0.497 e. The Morgan fingerprint density at radius 3 is 2.50 bits per heavy atom. The average Bonchev–Trinajstić information content (AvgIpc) is 3.02. The number of aryl methyl sites for hydroxylation is 2. The standard InChI is InChI=1S/C21H22N2O5/c1-22-13-14(7-12-19(24)25)20-17(22)5-4-6-18(20)28-21(26)23(2)15-8-10-16(27-3)11-9-15/h4-6,8-11,13H,7,12H2,1-3H3,(H,24,25). The summed E-state index contributed by atoms with van der Waals surface area (Å²) < 4.78 is 12.7. The molecule has 0 spiro atoms. The van der Waals surface area contributed by atoms with Crippen LogP contribution in [0.25, 0.3) is 10.9 Å². The Hall–Kier alpha value is -3.48. The second-order valence-electron chi connectivity index (χ2n) is 6.43. The van der Waals surface area contributed by atoms with E-state index in [-0.39, 0.29) is 6.42 Å². The molecule has 146 valence electrons. The quantitative estimate of drug-likeness (QED) is 0.701. The van der Waals surface area contributed by atoms with Crippen LogP contribution in [0.5, 0.6) is 11.5 Å². The van der Waals surface area contributed by atoms with Gasteiger partial charge in [-0.15, -0.1) is 0 Å². The molecule has 0 saturated carbocycles. The molecule has 28 heavy (non-hydrogen) atoms. The van der Waals surface area contributed by atoms with Gasteiger partial charge in [0.25, 0.3) is 0 Å². The molecule has 7 heteroatoms. The lowest BCUT2D eigenvalue weighted by Gasteiger charge is -2.18. The molecule has 0 aliphatic heterocycles. The van der Waals surface area contributed by atoms with Gasteiger partial charge in [-0.25, -0.2) is 4.79 Å². The van der Waals surface area contributed by atoms with Gasteiger partial charge < -0.3 is 19.1 Å². The van der Waals surface area contributed by atoms with Crippen molar-refractivity contribution in [3.63, 3.8) is 0 Å². The molecule has 0 aliphatic carbocycles. The lowest BCUT2D eigenvalue weighted by Crippen LogP contribution is -2.29. The zero-order chi connectivity index (χ0) is 20.3. The van der Waals surface area contributed by atoms with Crippen molar-refractivity contribution in [1.82, 2.24) is 4.57 Å². The number of fused-ring (bicyclic) bond motifs is 1. The topological polar surface area (TPSA) is 81.0 Å². The highest BCUT2D eigenvalue weighted by atomic mass is 16.6. The molecule has 0 bridgehead atoms. The number of methoxy groups -OCH3 is 1. The number of carbonyl (C=O) groups excluding carboxylic acids is 1. The van der Waals surface area contributed by atoms with Gasteiger partial charge in [0.2, 0.25) is 0 Å². The Balaban J connectivity index is 1.88. The molecule has 7 nitrogen and oxygen atoms in total. The normalized spacial score (nSPS) is 10.7. The van der Waals surface area contributed by atoms with Crippen LogP contribution in [-0.4, -0.2) is 35.9 Å². The van der Waals surface area contributed by atoms with Crippen LogP contribution in [0.2, 0.25) is 0 Å². The van der Waals surface area contributed by atoms with E-state index in [9.17, 15) is 9.59 Å². The number of hydrogen-bond donors (Lipinski definition) is 1. The van der Waals surface area contributed by atoms with Gasteiger partial charge in [-0.05, 0) is 48.4 Å². The van der Waals surface area contributed by atoms with Crippen molar-refractivity contribution < 1.29 is 24.2 Å². The number of aromatic nitrogens is 1. The van der Waals surface area contributed by atoms with Gasteiger partial charge in [-0.2, -0.15) is 0 Å². The highest BCUT2D eigenvalue weighted by molar-refractivity contribution is 5.95. The first-order valence-electron chi connectivity index (χ1n) is 8.79. The van der Waals surface area contributed by atoms with E-state index in [2.05, 4.69) is 0 Å². The molecule has 0 unspecified atom stereocenters. The van der Waals surface area contributed by atoms with Gasteiger partial charge in [0, 0.05) is 37.8 Å². The van der Waals surface area contributed by atoms with Crippen molar-refractivity contribution in [2.75, 3.05) is 19.1 Å². The van der Waals surface area contributed by atoms with E-state index >= 15 is 0 Å². The summed E-state index contributed by atoms with van der Waals surface area (Å²) in [4.78, 5) is 25.0. The monoisotopic (exact) mass is 382 g/mol. The molecule has 0 atom stereocenters. The zero-order valence-corrected chi connectivity index (χ0v) is 16.0. The number of nitrogens with zero attached hydrogens (tertiary/aromatic N) is 2. The van der Waals surface area contributed by atoms with E-state index in [1.165, 1.54) is 4.90 Å². The number of carbonyl (C=O) groups is 2. The molecule has 0 radical (unpaired) electrons. The summed E-state index contributed by atoms with van der Waals surface area (Å²) in [7, 11) is 5.08. The van der Waals surface area contributed by atoms with Crippen LogP contribution in [0, 0.1) is 0 Å². The van der Waals surface area contributed by atoms with Crippen molar-refractivity contribution in [2.45, 2.75) is 12.8 Å². The third-order valence-electron chi connectivity index (χ3n) is 4.59. The van der Waals surface area contributed by atoms with Crippen LogP contribution in [0.4, 0.5) is 10.5 Å². The molecule has 1 heterocycles. The minimum Gasteiger partial charge on any atom is -0.497 e. The first kappa shape index (κ1) is 19.3. The molecule has 1 N–H and O–H groups in total. The van der Waals surface area contributed by atoms with E-state index in [1.807, 2.05) is 23.9 Å². The van der Waals surface area contributed by atoms with E-state index < -0.39 is 12.1 Å². The Kier molecular flexibility index (Phi) is 5.54.